The molecule has 0 radical (unpaired) electrons. The second-order valence-electron chi connectivity index (χ2n) is 8.36. The highest BCUT2D eigenvalue weighted by molar-refractivity contribution is 7.93. The average Bonchev–Trinajstić information content (AvgIpc) is 3.03. The van der Waals surface area contributed by atoms with E-state index in [1.165, 1.54) is 10.9 Å². The molecule has 9 nitrogen and oxygen atoms in total. The fourth-order valence-electron chi connectivity index (χ4n) is 3.45. The van der Waals surface area contributed by atoms with E-state index in [4.69, 9.17) is 4.74 Å². The Hall–Kier alpha value is -1.81. The number of aryl methyl sites for hydroxylation is 1. The van der Waals surface area contributed by atoms with Crippen molar-refractivity contribution < 1.29 is 18.5 Å². The largest absolute Gasteiger partial charge is 0.371 e. The fraction of sp³-hybridized carbons (Fsp3) is 0.765. The number of aromatic nitrogens is 3. The van der Waals surface area contributed by atoms with Crippen LogP contribution in [0, 0.1) is 5.41 Å². The third kappa shape index (κ3) is 4.37. The minimum absolute atomic E-state index is 0.0939. The van der Waals surface area contributed by atoms with Gasteiger partial charge in [0.2, 0.25) is 5.91 Å². The van der Waals surface area contributed by atoms with E-state index >= 15 is 0 Å². The van der Waals surface area contributed by atoms with E-state index < -0.39 is 26.7 Å². The van der Waals surface area contributed by atoms with Crippen molar-refractivity contribution in [2.24, 2.45) is 16.8 Å². The maximum absolute atomic E-state index is 13.0. The first-order valence-corrected chi connectivity index (χ1v) is 10.9. The van der Waals surface area contributed by atoms with Crippen LogP contribution >= 0.6 is 0 Å². The normalized spacial score (nSPS) is 29.0. The number of hydrogen-bond donors (Lipinski definition) is 0. The van der Waals surface area contributed by atoms with Crippen molar-refractivity contribution in [3.63, 3.8) is 0 Å². The minimum Gasteiger partial charge on any atom is -0.371 e. The van der Waals surface area contributed by atoms with Crippen molar-refractivity contribution in [2.45, 2.75) is 39.2 Å². The lowest BCUT2D eigenvalue weighted by atomic mass is 9.90. The van der Waals surface area contributed by atoms with Gasteiger partial charge in [0.25, 0.3) is 0 Å². The molecule has 0 aliphatic carbocycles. The topological polar surface area (TPSA) is 107 Å². The quantitative estimate of drug-likeness (QED) is 0.696. The molecule has 0 bridgehead atoms. The summed E-state index contributed by atoms with van der Waals surface area (Å²) in [4.78, 5) is 26.7. The van der Waals surface area contributed by atoms with Crippen LogP contribution in [-0.4, -0.2) is 72.7 Å². The monoisotopic (exact) mass is 397 g/mol. The maximum atomic E-state index is 13.0. The lowest BCUT2D eigenvalue weighted by Gasteiger charge is -2.46. The van der Waals surface area contributed by atoms with Gasteiger partial charge in [-0.3, -0.25) is 14.3 Å². The molecule has 2 saturated heterocycles. The van der Waals surface area contributed by atoms with Gasteiger partial charge >= 0.3 is 5.91 Å². The summed E-state index contributed by atoms with van der Waals surface area (Å²) in [7, 11) is -1.00. The molecule has 1 aromatic heterocycles. The van der Waals surface area contributed by atoms with E-state index in [1.807, 2.05) is 25.7 Å². The van der Waals surface area contributed by atoms with Crippen LogP contribution in [0.25, 0.3) is 0 Å². The molecule has 2 aliphatic rings. The van der Waals surface area contributed by atoms with E-state index in [2.05, 4.69) is 14.7 Å². The van der Waals surface area contributed by atoms with E-state index in [9.17, 15) is 13.8 Å². The predicted molar refractivity (Wildman–Crippen MR) is 99.6 cm³/mol. The molecule has 3 heterocycles. The van der Waals surface area contributed by atoms with Gasteiger partial charge in [0.15, 0.2) is 5.69 Å². The summed E-state index contributed by atoms with van der Waals surface area (Å²) in [5.41, 5.74) is -0.846. The first-order chi connectivity index (χ1) is 12.5. The number of carbonyl (C=O) groups is 2. The predicted octanol–water partition coefficient (Wildman–Crippen LogP) is 0.861. The Labute approximate surface area is 159 Å². The van der Waals surface area contributed by atoms with E-state index in [0.29, 0.717) is 32.5 Å². The number of ether oxygens (including phenoxy) is 1. The number of hydrogen-bond acceptors (Lipinski definition) is 6. The van der Waals surface area contributed by atoms with Gasteiger partial charge in [0, 0.05) is 37.1 Å². The number of rotatable bonds is 1. The molecule has 0 N–H and O–H groups in total. The molecule has 2 fully saturated rings. The van der Waals surface area contributed by atoms with Gasteiger partial charge in [-0.25, -0.2) is 4.21 Å². The number of amides is 2. The average molecular weight is 398 g/mol. The smallest absolute Gasteiger partial charge is 0.307 e. The molecule has 10 heteroatoms. The van der Waals surface area contributed by atoms with Crippen molar-refractivity contribution in [1.82, 2.24) is 19.9 Å². The van der Waals surface area contributed by atoms with Crippen molar-refractivity contribution >= 4 is 21.5 Å². The summed E-state index contributed by atoms with van der Waals surface area (Å²) in [6.07, 6.45) is 2.48. The molecular weight excluding hydrogens is 370 g/mol. The summed E-state index contributed by atoms with van der Waals surface area (Å²) >= 11 is 0. The molecule has 27 heavy (non-hydrogen) atoms. The summed E-state index contributed by atoms with van der Waals surface area (Å²) in [6.45, 7) is 7.25. The Morgan fingerprint density at radius 2 is 1.96 bits per heavy atom. The van der Waals surface area contributed by atoms with Crippen molar-refractivity contribution in [3.05, 3.63) is 11.9 Å². The first-order valence-electron chi connectivity index (χ1n) is 9.09. The van der Waals surface area contributed by atoms with Crippen LogP contribution in [0.4, 0.5) is 0 Å². The first kappa shape index (κ1) is 19.9. The maximum Gasteiger partial charge on any atom is 0.307 e. The van der Waals surface area contributed by atoms with Crippen LogP contribution in [0.1, 0.15) is 44.1 Å². The molecular formula is C17H27N5O4S. The third-order valence-electron chi connectivity index (χ3n) is 5.00. The molecule has 0 saturated carbocycles. The molecule has 150 valence electrons. The van der Waals surface area contributed by atoms with Crippen LogP contribution < -0.4 is 0 Å². The van der Waals surface area contributed by atoms with Gasteiger partial charge in [-0.1, -0.05) is 26.0 Å². The number of carbonyl (C=O) groups excluding carboxylic acids is 2. The second-order valence-corrected chi connectivity index (χ2v) is 10.9. The van der Waals surface area contributed by atoms with Gasteiger partial charge < -0.3 is 9.64 Å². The van der Waals surface area contributed by atoms with Crippen LogP contribution in [0.2, 0.25) is 0 Å². The van der Waals surface area contributed by atoms with E-state index in [-0.39, 0.29) is 23.1 Å². The highest BCUT2D eigenvalue weighted by atomic mass is 32.2. The van der Waals surface area contributed by atoms with Gasteiger partial charge in [-0.15, -0.1) is 5.10 Å². The molecule has 2 aliphatic heterocycles. The SMILES string of the molecule is Cn1cc(C(=O)N=S2(=O)CCC3(CC2)CN(C(=O)C(C)(C)C)CCO3)nn1. The molecule has 1 spiro atoms. The van der Waals surface area contributed by atoms with Crippen molar-refractivity contribution in [1.29, 1.82) is 0 Å². The molecule has 1 aromatic rings. The number of nitrogens with zero attached hydrogens (tertiary/aromatic N) is 5. The molecule has 0 unspecified atom stereocenters. The molecule has 0 atom stereocenters. The Morgan fingerprint density at radius 1 is 1.30 bits per heavy atom. The highest BCUT2D eigenvalue weighted by Crippen LogP contribution is 2.33. The Bertz CT molecular complexity index is 849. The summed E-state index contributed by atoms with van der Waals surface area (Å²) in [6, 6.07) is 0. The zero-order valence-corrected chi connectivity index (χ0v) is 17.1. The zero-order chi connectivity index (χ0) is 19.9. The Balaban J connectivity index is 1.70. The van der Waals surface area contributed by atoms with E-state index in [1.54, 1.807) is 7.05 Å². The Kier molecular flexibility index (Phi) is 5.15. The third-order valence-corrected chi connectivity index (χ3v) is 7.18. The molecule has 0 aromatic carbocycles. The molecule has 3 rings (SSSR count). The van der Waals surface area contributed by atoms with Crippen LogP contribution in [0.5, 0.6) is 0 Å². The standard InChI is InChI=1S/C17H27N5O4S/c1-16(2,3)15(24)22-7-8-26-17(12-22)5-9-27(25,10-6-17)19-14(23)13-11-21(4)20-18-13/h11H,5-10,12H2,1-4H3. The van der Waals surface area contributed by atoms with Crippen LogP contribution in [0.15, 0.2) is 10.6 Å². The van der Waals surface area contributed by atoms with Gasteiger partial charge in [-0.2, -0.15) is 4.36 Å². The van der Waals surface area contributed by atoms with Gasteiger partial charge in [0.05, 0.1) is 28.1 Å². The second kappa shape index (κ2) is 6.97. The molecule has 2 amide bonds. The lowest BCUT2D eigenvalue weighted by Crippen LogP contribution is -2.58. The number of morpholine rings is 1. The Morgan fingerprint density at radius 3 is 2.52 bits per heavy atom. The van der Waals surface area contributed by atoms with Crippen molar-refractivity contribution in [3.8, 4) is 0 Å². The van der Waals surface area contributed by atoms with E-state index in [0.717, 1.165) is 0 Å². The van der Waals surface area contributed by atoms with Crippen molar-refractivity contribution in [2.75, 3.05) is 31.2 Å². The fourth-order valence-corrected chi connectivity index (χ4v) is 5.61. The zero-order valence-electron chi connectivity index (χ0n) is 16.3. The highest BCUT2D eigenvalue weighted by Gasteiger charge is 2.43. The van der Waals surface area contributed by atoms with Gasteiger partial charge in [-0.05, 0) is 12.8 Å². The lowest BCUT2D eigenvalue weighted by molar-refractivity contribution is -0.159. The summed E-state index contributed by atoms with van der Waals surface area (Å²) in [5, 5.41) is 7.43. The van der Waals surface area contributed by atoms with Crippen LogP contribution in [-0.2, 0) is 26.3 Å². The summed E-state index contributed by atoms with van der Waals surface area (Å²) in [5.74, 6) is 0.0461. The van der Waals surface area contributed by atoms with Gasteiger partial charge in [0.1, 0.15) is 0 Å². The summed E-state index contributed by atoms with van der Waals surface area (Å²) < 4.78 is 24.4. The minimum atomic E-state index is -2.65. The van der Waals surface area contributed by atoms with Crippen LogP contribution in [0.3, 0.4) is 0 Å².